The van der Waals surface area contributed by atoms with Crippen molar-refractivity contribution in [2.75, 3.05) is 25.2 Å². The molecule has 1 aromatic carbocycles. The number of likely N-dealkylation sites (N-methyl/N-ethyl adjacent to an activating group) is 1. The van der Waals surface area contributed by atoms with Gasteiger partial charge >= 0.3 is 0 Å². The van der Waals surface area contributed by atoms with Crippen molar-refractivity contribution in [2.24, 2.45) is 0 Å². The number of benzene rings is 1. The van der Waals surface area contributed by atoms with Crippen molar-refractivity contribution in [3.05, 3.63) is 29.3 Å². The number of ether oxygens (including phenoxy) is 1. The third-order valence-corrected chi connectivity index (χ3v) is 4.29. The van der Waals surface area contributed by atoms with Crippen LogP contribution in [-0.4, -0.2) is 32.6 Å². The maximum Gasteiger partial charge on any atom is 0.261 e. The second-order valence-electron chi connectivity index (χ2n) is 4.74. The molecule has 0 aromatic heterocycles. The van der Waals surface area contributed by atoms with E-state index in [1.165, 1.54) is 0 Å². The first-order chi connectivity index (χ1) is 9.49. The molecule has 1 atom stereocenters. The summed E-state index contributed by atoms with van der Waals surface area (Å²) in [5, 5.41) is 0. The van der Waals surface area contributed by atoms with Gasteiger partial charge in [0.2, 0.25) is 5.91 Å². The van der Waals surface area contributed by atoms with Crippen LogP contribution >= 0.6 is 15.9 Å². The zero-order chi connectivity index (χ0) is 14.7. The van der Waals surface area contributed by atoms with Crippen LogP contribution in [0.1, 0.15) is 22.4 Å². The van der Waals surface area contributed by atoms with Gasteiger partial charge in [0, 0.05) is 24.2 Å². The van der Waals surface area contributed by atoms with E-state index in [4.69, 9.17) is 4.74 Å². The number of fused-ring (bicyclic) bond motifs is 1. The lowest BCUT2D eigenvalue weighted by molar-refractivity contribution is -0.117. The molecule has 0 fully saturated rings. The summed E-state index contributed by atoms with van der Waals surface area (Å²) in [4.78, 5) is 13.3. The van der Waals surface area contributed by atoms with Crippen molar-refractivity contribution < 1.29 is 18.3 Å². The Bertz CT molecular complexity index is 496. The SMILES string of the molecule is CN1C(=O)Cc2cc(C(Br)CCOCC(F)F)ccc21. The highest BCUT2D eigenvalue weighted by molar-refractivity contribution is 9.09. The van der Waals surface area contributed by atoms with E-state index in [0.29, 0.717) is 12.8 Å². The minimum absolute atomic E-state index is 0.0338. The second kappa shape index (κ2) is 6.63. The lowest BCUT2D eigenvalue weighted by Crippen LogP contribution is -2.20. The van der Waals surface area contributed by atoms with E-state index in [1.807, 2.05) is 18.2 Å². The summed E-state index contributed by atoms with van der Waals surface area (Å²) in [5.41, 5.74) is 2.98. The van der Waals surface area contributed by atoms with E-state index >= 15 is 0 Å². The smallest absolute Gasteiger partial charge is 0.261 e. The number of carbonyl (C=O) groups excluding carboxylic acids is 1. The van der Waals surface area contributed by atoms with Crippen LogP contribution in [0.25, 0.3) is 0 Å². The predicted molar refractivity (Wildman–Crippen MR) is 76.7 cm³/mol. The number of amides is 1. The lowest BCUT2D eigenvalue weighted by Gasteiger charge is -2.14. The van der Waals surface area contributed by atoms with E-state index in [2.05, 4.69) is 15.9 Å². The van der Waals surface area contributed by atoms with Crippen molar-refractivity contribution in [2.45, 2.75) is 24.1 Å². The second-order valence-corrected chi connectivity index (χ2v) is 5.85. The Morgan fingerprint density at radius 3 is 2.90 bits per heavy atom. The van der Waals surface area contributed by atoms with Crippen molar-refractivity contribution in [3.63, 3.8) is 0 Å². The van der Waals surface area contributed by atoms with Crippen molar-refractivity contribution >= 4 is 27.5 Å². The van der Waals surface area contributed by atoms with Crippen LogP contribution < -0.4 is 4.90 Å². The highest BCUT2D eigenvalue weighted by Gasteiger charge is 2.24. The highest BCUT2D eigenvalue weighted by Crippen LogP contribution is 2.33. The van der Waals surface area contributed by atoms with E-state index < -0.39 is 13.0 Å². The fraction of sp³-hybridized carbons (Fsp3) is 0.500. The summed E-state index contributed by atoms with van der Waals surface area (Å²) in [7, 11) is 1.76. The van der Waals surface area contributed by atoms with Gasteiger partial charge in [-0.3, -0.25) is 4.79 Å². The van der Waals surface area contributed by atoms with Gasteiger partial charge in [-0.25, -0.2) is 8.78 Å². The molecule has 3 nitrogen and oxygen atoms in total. The minimum atomic E-state index is -2.43. The predicted octanol–water partition coefficient (Wildman–Crippen LogP) is 3.31. The number of carbonyl (C=O) groups is 1. The third-order valence-electron chi connectivity index (χ3n) is 3.30. The molecule has 0 aliphatic carbocycles. The highest BCUT2D eigenvalue weighted by atomic mass is 79.9. The monoisotopic (exact) mass is 347 g/mol. The number of hydrogen-bond acceptors (Lipinski definition) is 2. The molecule has 0 N–H and O–H groups in total. The van der Waals surface area contributed by atoms with Gasteiger partial charge in [-0.1, -0.05) is 28.1 Å². The number of rotatable bonds is 6. The normalized spacial score (nSPS) is 15.8. The van der Waals surface area contributed by atoms with Crippen LogP contribution in [0.2, 0.25) is 0 Å². The molecular formula is C14H16BrF2NO2. The summed E-state index contributed by atoms with van der Waals surface area (Å²) in [6.07, 6.45) is -1.40. The Balaban J connectivity index is 1.93. The van der Waals surface area contributed by atoms with Crippen LogP contribution in [-0.2, 0) is 16.0 Å². The molecule has 1 amide bonds. The Hall–Kier alpha value is -1.01. The van der Waals surface area contributed by atoms with Crippen LogP contribution in [0.4, 0.5) is 14.5 Å². The molecule has 0 saturated heterocycles. The van der Waals surface area contributed by atoms with Crippen molar-refractivity contribution in [1.29, 1.82) is 0 Å². The summed E-state index contributed by atoms with van der Waals surface area (Å²) >= 11 is 3.53. The standard InChI is InChI=1S/C14H16BrF2NO2/c1-18-12-3-2-9(6-10(12)7-14(18)19)11(15)4-5-20-8-13(16)17/h2-3,6,11,13H,4-5,7-8H2,1H3. The van der Waals surface area contributed by atoms with Gasteiger partial charge in [-0.2, -0.15) is 0 Å². The first kappa shape index (κ1) is 15.4. The van der Waals surface area contributed by atoms with Crippen LogP contribution in [0.15, 0.2) is 18.2 Å². The van der Waals surface area contributed by atoms with Crippen molar-refractivity contribution in [1.82, 2.24) is 0 Å². The van der Waals surface area contributed by atoms with E-state index in [0.717, 1.165) is 16.8 Å². The molecule has 20 heavy (non-hydrogen) atoms. The molecule has 6 heteroatoms. The summed E-state index contributed by atoms with van der Waals surface area (Å²) in [6.45, 7) is -0.251. The Labute approximate surface area is 125 Å². The largest absolute Gasteiger partial charge is 0.375 e. The Morgan fingerprint density at radius 2 is 2.20 bits per heavy atom. The molecule has 1 aliphatic heterocycles. The van der Waals surface area contributed by atoms with Gasteiger partial charge in [0.15, 0.2) is 0 Å². The van der Waals surface area contributed by atoms with Crippen LogP contribution in [0.3, 0.4) is 0 Å². The number of anilines is 1. The van der Waals surface area contributed by atoms with Gasteiger partial charge in [-0.05, 0) is 23.6 Å². The van der Waals surface area contributed by atoms with E-state index in [1.54, 1.807) is 11.9 Å². The average Bonchev–Trinajstić information content (AvgIpc) is 2.69. The topological polar surface area (TPSA) is 29.5 Å². The third kappa shape index (κ3) is 3.55. The molecule has 1 aromatic rings. The fourth-order valence-corrected chi connectivity index (χ4v) is 2.68. The quantitative estimate of drug-likeness (QED) is 0.583. The van der Waals surface area contributed by atoms with Gasteiger partial charge in [0.05, 0.1) is 6.42 Å². The van der Waals surface area contributed by atoms with Crippen molar-refractivity contribution in [3.8, 4) is 0 Å². The Kier molecular flexibility index (Phi) is 5.10. The van der Waals surface area contributed by atoms with Gasteiger partial charge in [0.25, 0.3) is 6.43 Å². The molecule has 0 radical (unpaired) electrons. The zero-order valence-corrected chi connectivity index (χ0v) is 12.7. The first-order valence-electron chi connectivity index (χ1n) is 6.38. The molecule has 2 rings (SSSR count). The molecule has 1 unspecified atom stereocenters. The minimum Gasteiger partial charge on any atom is -0.375 e. The van der Waals surface area contributed by atoms with E-state index in [-0.39, 0.29) is 17.3 Å². The summed E-state index contributed by atoms with van der Waals surface area (Å²) in [5.74, 6) is 0.0866. The molecular weight excluding hydrogens is 332 g/mol. The number of halogens is 3. The Morgan fingerprint density at radius 1 is 1.45 bits per heavy atom. The average molecular weight is 348 g/mol. The van der Waals surface area contributed by atoms with Crippen LogP contribution in [0.5, 0.6) is 0 Å². The molecule has 0 bridgehead atoms. The molecule has 1 aliphatic rings. The van der Waals surface area contributed by atoms with Gasteiger partial charge in [0.1, 0.15) is 6.61 Å². The van der Waals surface area contributed by atoms with Gasteiger partial charge in [-0.15, -0.1) is 0 Å². The molecule has 0 spiro atoms. The molecule has 110 valence electrons. The van der Waals surface area contributed by atoms with E-state index in [9.17, 15) is 13.6 Å². The number of hydrogen-bond donors (Lipinski definition) is 0. The summed E-state index contributed by atoms with van der Waals surface area (Å²) < 4.78 is 28.7. The fourth-order valence-electron chi connectivity index (χ4n) is 2.21. The molecule has 0 saturated carbocycles. The van der Waals surface area contributed by atoms with Gasteiger partial charge < -0.3 is 9.64 Å². The molecule has 1 heterocycles. The number of alkyl halides is 3. The van der Waals surface area contributed by atoms with Crippen LogP contribution in [0, 0.1) is 0 Å². The first-order valence-corrected chi connectivity index (χ1v) is 7.30. The lowest BCUT2D eigenvalue weighted by atomic mass is 10.0. The summed E-state index contributed by atoms with van der Waals surface area (Å²) in [6, 6.07) is 5.85. The maximum atomic E-state index is 11.9. The number of nitrogens with zero attached hydrogens (tertiary/aromatic N) is 1. The zero-order valence-electron chi connectivity index (χ0n) is 11.1. The maximum absolute atomic E-state index is 11.9.